The van der Waals surface area contributed by atoms with Crippen molar-refractivity contribution in [3.05, 3.63) is 52.4 Å². The van der Waals surface area contributed by atoms with E-state index in [2.05, 4.69) is 25.5 Å². The van der Waals surface area contributed by atoms with Crippen LogP contribution in [0.1, 0.15) is 44.2 Å². The highest BCUT2D eigenvalue weighted by Crippen LogP contribution is 2.40. The summed E-state index contributed by atoms with van der Waals surface area (Å²) in [6.07, 6.45) is 5.44. The van der Waals surface area contributed by atoms with Crippen LogP contribution in [0.3, 0.4) is 0 Å². The van der Waals surface area contributed by atoms with E-state index in [1.54, 1.807) is 26.2 Å². The number of aromatic nitrogens is 5. The zero-order valence-corrected chi connectivity index (χ0v) is 19.7. The van der Waals surface area contributed by atoms with Gasteiger partial charge in [0, 0.05) is 28.6 Å². The molecule has 0 unspecified atom stereocenters. The van der Waals surface area contributed by atoms with Crippen molar-refractivity contribution in [2.75, 3.05) is 0 Å². The normalized spacial score (nSPS) is 14.3. The number of nitrogens with two attached hydrogens (primary N) is 1. The molecule has 0 spiro atoms. The Morgan fingerprint density at radius 2 is 2.11 bits per heavy atom. The van der Waals surface area contributed by atoms with Crippen molar-refractivity contribution in [1.29, 1.82) is 0 Å². The molecule has 178 valence electrons. The molecule has 0 atom stereocenters. The van der Waals surface area contributed by atoms with E-state index in [1.807, 2.05) is 29.7 Å². The summed E-state index contributed by atoms with van der Waals surface area (Å²) in [6, 6.07) is 6.15. The lowest BCUT2D eigenvalue weighted by Crippen LogP contribution is -2.48. The number of pyridine rings is 2. The fraction of sp³-hybridized carbons (Fsp3) is 0.320. The molecule has 4 aromatic heterocycles. The Balaban J connectivity index is 1.52. The van der Waals surface area contributed by atoms with Gasteiger partial charge in [0.05, 0.1) is 23.8 Å². The predicted molar refractivity (Wildman–Crippen MR) is 132 cm³/mol. The molecule has 35 heavy (non-hydrogen) atoms. The lowest BCUT2D eigenvalue weighted by molar-refractivity contribution is -0.125. The lowest BCUT2D eigenvalue weighted by Gasteiger charge is -2.16. The second-order valence-electron chi connectivity index (χ2n) is 9.76. The van der Waals surface area contributed by atoms with Gasteiger partial charge in [-0.3, -0.25) is 14.7 Å². The van der Waals surface area contributed by atoms with Crippen molar-refractivity contribution in [1.82, 2.24) is 30.0 Å². The molecule has 0 saturated heterocycles. The molecule has 10 heteroatoms. The third-order valence-electron chi connectivity index (χ3n) is 6.51. The highest BCUT2D eigenvalue weighted by molar-refractivity contribution is 6.04. The highest BCUT2D eigenvalue weighted by Gasteiger charge is 2.30. The molecule has 4 N–H and O–H groups in total. The van der Waals surface area contributed by atoms with Gasteiger partial charge in [0.1, 0.15) is 0 Å². The SMILES string of the molecule is Cc1c(-c2cnc3[nH]ncc3c2)ccc2c3oc(CNC(=O)C(C)(C)N)nc3c(=O)n(C3CC3)c12. The van der Waals surface area contributed by atoms with Crippen molar-refractivity contribution in [3.8, 4) is 11.1 Å². The van der Waals surface area contributed by atoms with Crippen molar-refractivity contribution in [2.24, 2.45) is 5.73 Å². The number of nitrogens with one attached hydrogen (secondary N) is 2. The molecule has 1 aliphatic rings. The maximum absolute atomic E-state index is 13.6. The Kier molecular flexibility index (Phi) is 4.59. The molecule has 1 saturated carbocycles. The molecule has 10 nitrogen and oxygen atoms in total. The van der Waals surface area contributed by atoms with Gasteiger partial charge in [-0.15, -0.1) is 0 Å². The molecule has 0 bridgehead atoms. The van der Waals surface area contributed by atoms with Gasteiger partial charge in [-0.1, -0.05) is 6.07 Å². The second-order valence-corrected chi connectivity index (χ2v) is 9.76. The van der Waals surface area contributed by atoms with E-state index < -0.39 is 5.54 Å². The summed E-state index contributed by atoms with van der Waals surface area (Å²) in [6.45, 7) is 5.31. The van der Waals surface area contributed by atoms with E-state index in [9.17, 15) is 9.59 Å². The summed E-state index contributed by atoms with van der Waals surface area (Å²) >= 11 is 0. The minimum absolute atomic E-state index is 0.0476. The molecule has 0 aliphatic heterocycles. The van der Waals surface area contributed by atoms with Crippen LogP contribution >= 0.6 is 0 Å². The number of benzene rings is 1. The molecule has 5 aromatic rings. The first-order chi connectivity index (χ1) is 16.7. The quantitative estimate of drug-likeness (QED) is 0.357. The zero-order valence-electron chi connectivity index (χ0n) is 19.7. The van der Waals surface area contributed by atoms with Gasteiger partial charge in [-0.2, -0.15) is 5.10 Å². The van der Waals surface area contributed by atoms with Crippen molar-refractivity contribution < 1.29 is 9.21 Å². The monoisotopic (exact) mass is 471 g/mol. The van der Waals surface area contributed by atoms with Crippen LogP contribution in [0.5, 0.6) is 0 Å². The maximum Gasteiger partial charge on any atom is 0.281 e. The van der Waals surface area contributed by atoms with Gasteiger partial charge >= 0.3 is 0 Å². The topological polar surface area (TPSA) is 145 Å². The maximum atomic E-state index is 13.6. The Labute approximate surface area is 199 Å². The van der Waals surface area contributed by atoms with Gasteiger partial charge < -0.3 is 20.0 Å². The van der Waals surface area contributed by atoms with Crippen molar-refractivity contribution in [2.45, 2.75) is 51.7 Å². The third-order valence-corrected chi connectivity index (χ3v) is 6.51. The number of aryl methyl sites for hydroxylation is 1. The number of oxazole rings is 1. The van der Waals surface area contributed by atoms with Gasteiger partial charge in [0.15, 0.2) is 16.7 Å². The molecule has 0 radical (unpaired) electrons. The smallest absolute Gasteiger partial charge is 0.281 e. The lowest BCUT2D eigenvalue weighted by atomic mass is 9.97. The number of carbonyl (C=O) groups is 1. The summed E-state index contributed by atoms with van der Waals surface area (Å²) < 4.78 is 7.88. The van der Waals surface area contributed by atoms with Crippen LogP contribution in [-0.2, 0) is 11.3 Å². The first kappa shape index (κ1) is 21.5. The molecular weight excluding hydrogens is 446 g/mol. The standard InChI is InChI=1S/C25H25N7O3/c1-12-16(13-8-14-10-29-31-22(14)27-9-13)6-7-17-20(12)32(15-4-5-15)23(33)19-21(17)35-18(30-19)11-28-24(34)25(2,3)26/h6-10,15H,4-5,11,26H2,1-3H3,(H,28,34)(H,27,29,31). The number of aromatic amines is 1. The van der Waals surface area contributed by atoms with Crippen LogP contribution in [0.15, 0.2) is 39.8 Å². The van der Waals surface area contributed by atoms with Crippen LogP contribution in [0.25, 0.3) is 44.2 Å². The van der Waals surface area contributed by atoms with E-state index >= 15 is 0 Å². The molecule has 6 rings (SSSR count). The number of amides is 1. The summed E-state index contributed by atoms with van der Waals surface area (Å²) in [5, 5.41) is 11.4. The van der Waals surface area contributed by atoms with E-state index in [4.69, 9.17) is 10.2 Å². The van der Waals surface area contributed by atoms with Crippen LogP contribution in [0.2, 0.25) is 0 Å². The summed E-state index contributed by atoms with van der Waals surface area (Å²) in [7, 11) is 0. The molecule has 4 heterocycles. The number of rotatable bonds is 5. The fourth-order valence-electron chi connectivity index (χ4n) is 4.54. The predicted octanol–water partition coefficient (Wildman–Crippen LogP) is 3.08. The first-order valence-electron chi connectivity index (χ1n) is 11.6. The summed E-state index contributed by atoms with van der Waals surface area (Å²) in [4.78, 5) is 34.7. The number of nitrogens with zero attached hydrogens (tertiary/aromatic N) is 4. The summed E-state index contributed by atoms with van der Waals surface area (Å²) in [5.74, 6) is -0.0652. The average Bonchev–Trinajstić information content (AvgIpc) is 3.37. The second kappa shape index (κ2) is 7.47. The largest absolute Gasteiger partial charge is 0.438 e. The van der Waals surface area contributed by atoms with Gasteiger partial charge in [-0.05, 0) is 56.9 Å². The molecule has 1 aromatic carbocycles. The zero-order chi connectivity index (χ0) is 24.5. The summed E-state index contributed by atoms with van der Waals surface area (Å²) in [5.41, 5.74) is 9.80. The van der Waals surface area contributed by atoms with Crippen LogP contribution in [0, 0.1) is 6.92 Å². The van der Waals surface area contributed by atoms with Crippen LogP contribution in [-0.4, -0.2) is 36.2 Å². The van der Waals surface area contributed by atoms with E-state index in [-0.39, 0.29) is 35.5 Å². The van der Waals surface area contributed by atoms with Crippen molar-refractivity contribution in [3.63, 3.8) is 0 Å². The molecular formula is C25H25N7O3. The van der Waals surface area contributed by atoms with Crippen LogP contribution < -0.4 is 16.6 Å². The molecule has 1 fully saturated rings. The number of fused-ring (bicyclic) bond motifs is 4. The van der Waals surface area contributed by atoms with Gasteiger partial charge in [0.25, 0.3) is 5.56 Å². The van der Waals surface area contributed by atoms with E-state index in [0.717, 1.165) is 51.5 Å². The average molecular weight is 472 g/mol. The number of H-pyrrole nitrogens is 1. The Hall–Kier alpha value is -4.05. The Morgan fingerprint density at radius 1 is 1.31 bits per heavy atom. The third kappa shape index (κ3) is 3.48. The highest BCUT2D eigenvalue weighted by atomic mass is 16.3. The molecule has 1 amide bonds. The van der Waals surface area contributed by atoms with Gasteiger partial charge in [0.2, 0.25) is 11.8 Å². The number of hydrogen-bond acceptors (Lipinski definition) is 7. The number of carbonyl (C=O) groups excluding carboxylic acids is 1. The first-order valence-corrected chi connectivity index (χ1v) is 11.6. The fourth-order valence-corrected chi connectivity index (χ4v) is 4.54. The minimum Gasteiger partial charge on any atom is -0.438 e. The van der Waals surface area contributed by atoms with Crippen molar-refractivity contribution >= 4 is 38.9 Å². The van der Waals surface area contributed by atoms with E-state index in [0.29, 0.717) is 5.58 Å². The number of hydrogen-bond donors (Lipinski definition) is 3. The Morgan fingerprint density at radius 3 is 2.86 bits per heavy atom. The minimum atomic E-state index is -1.03. The van der Waals surface area contributed by atoms with E-state index in [1.165, 1.54) is 0 Å². The van der Waals surface area contributed by atoms with Crippen LogP contribution in [0.4, 0.5) is 0 Å². The Bertz CT molecular complexity index is 1700. The van der Waals surface area contributed by atoms with Gasteiger partial charge in [-0.25, -0.2) is 9.97 Å². The molecule has 1 aliphatic carbocycles.